The third kappa shape index (κ3) is 2.34. The zero-order valence-electron chi connectivity index (χ0n) is 11.2. The first-order chi connectivity index (χ1) is 8.67. The maximum atomic E-state index is 12.1. The lowest BCUT2D eigenvalue weighted by atomic mass is 9.98. The van der Waals surface area contributed by atoms with Gasteiger partial charge in [0, 0.05) is 0 Å². The fourth-order valence-corrected chi connectivity index (χ4v) is 2.43. The first-order valence-corrected chi connectivity index (χ1v) is 6.40. The molecule has 98 valence electrons. The lowest BCUT2D eigenvalue weighted by Gasteiger charge is -2.36. The van der Waals surface area contributed by atoms with Crippen molar-refractivity contribution >= 4 is 11.8 Å². The number of benzene rings is 1. The molecule has 4 nitrogen and oxygen atoms in total. The Kier molecular flexibility index (Phi) is 3.87. The van der Waals surface area contributed by atoms with E-state index in [-0.39, 0.29) is 12.3 Å². The summed E-state index contributed by atoms with van der Waals surface area (Å²) in [5, 5.41) is 3.17. The number of carbonyl (C=O) groups excluding carboxylic acids is 1. The lowest BCUT2D eigenvalue weighted by Crippen LogP contribution is -2.50. The van der Waals surface area contributed by atoms with Crippen molar-refractivity contribution in [1.29, 1.82) is 0 Å². The van der Waals surface area contributed by atoms with E-state index in [1.807, 2.05) is 26.1 Å². The quantitative estimate of drug-likeness (QED) is 0.874. The Labute approximate surface area is 108 Å². The molecule has 0 fully saturated rings. The molecule has 0 saturated carbocycles. The van der Waals surface area contributed by atoms with E-state index in [0.717, 1.165) is 18.5 Å². The Balaban J connectivity index is 2.37. The van der Waals surface area contributed by atoms with Crippen LogP contribution in [0.2, 0.25) is 0 Å². The second kappa shape index (κ2) is 5.40. The molecule has 1 aromatic rings. The van der Waals surface area contributed by atoms with Crippen molar-refractivity contribution in [3.8, 4) is 0 Å². The van der Waals surface area contributed by atoms with Crippen molar-refractivity contribution < 1.29 is 9.53 Å². The van der Waals surface area contributed by atoms with Crippen LogP contribution >= 0.6 is 0 Å². The van der Waals surface area contributed by atoms with E-state index in [0.29, 0.717) is 6.61 Å². The fourth-order valence-electron chi connectivity index (χ4n) is 2.43. The van der Waals surface area contributed by atoms with E-state index in [1.54, 1.807) is 4.90 Å². The molecule has 2 rings (SSSR count). The summed E-state index contributed by atoms with van der Waals surface area (Å²) < 4.78 is 5.15. The van der Waals surface area contributed by atoms with Gasteiger partial charge in [0.1, 0.15) is 0 Å². The van der Waals surface area contributed by atoms with E-state index in [1.165, 1.54) is 11.1 Å². The first-order valence-electron chi connectivity index (χ1n) is 6.40. The minimum Gasteiger partial charge on any atom is -0.449 e. The van der Waals surface area contributed by atoms with Crippen LogP contribution in [0.25, 0.3) is 0 Å². The Morgan fingerprint density at radius 2 is 2.33 bits per heavy atom. The summed E-state index contributed by atoms with van der Waals surface area (Å²) in [5.41, 5.74) is 3.40. The largest absolute Gasteiger partial charge is 0.449 e. The number of rotatable bonds is 2. The van der Waals surface area contributed by atoms with Crippen molar-refractivity contribution in [3.63, 3.8) is 0 Å². The molecular formula is C14H20N2O2. The van der Waals surface area contributed by atoms with Crippen LogP contribution in [0, 0.1) is 6.92 Å². The highest BCUT2D eigenvalue weighted by atomic mass is 16.6. The molecule has 0 spiro atoms. The van der Waals surface area contributed by atoms with Crippen LogP contribution in [0.1, 0.15) is 24.5 Å². The van der Waals surface area contributed by atoms with E-state index >= 15 is 0 Å². The topological polar surface area (TPSA) is 41.6 Å². The number of amides is 1. The highest BCUT2D eigenvalue weighted by Gasteiger charge is 2.30. The molecule has 1 aliphatic rings. The van der Waals surface area contributed by atoms with E-state index in [4.69, 9.17) is 4.74 Å². The van der Waals surface area contributed by atoms with Gasteiger partial charge in [-0.05, 0) is 45.4 Å². The average molecular weight is 248 g/mol. The Hall–Kier alpha value is -1.55. The zero-order chi connectivity index (χ0) is 13.1. The molecule has 0 saturated heterocycles. The maximum Gasteiger partial charge on any atom is 0.415 e. The van der Waals surface area contributed by atoms with Gasteiger partial charge in [0.25, 0.3) is 0 Å². The molecular weight excluding hydrogens is 228 g/mol. The number of ether oxygens (including phenoxy) is 1. The predicted molar refractivity (Wildman–Crippen MR) is 71.8 cm³/mol. The van der Waals surface area contributed by atoms with Crippen molar-refractivity contribution in [2.24, 2.45) is 0 Å². The summed E-state index contributed by atoms with van der Waals surface area (Å²) >= 11 is 0. The summed E-state index contributed by atoms with van der Waals surface area (Å²) in [5.74, 6) is 0. The SMILES string of the molecule is CCOC(=O)N1c2ccc(C)cc2CCC1NC. The molecule has 4 heteroatoms. The minimum absolute atomic E-state index is 0.0132. The van der Waals surface area contributed by atoms with Crippen LogP contribution in [-0.2, 0) is 11.2 Å². The summed E-state index contributed by atoms with van der Waals surface area (Å²) in [7, 11) is 1.87. The third-order valence-corrected chi connectivity index (χ3v) is 3.29. The maximum absolute atomic E-state index is 12.1. The molecule has 0 aliphatic carbocycles. The molecule has 1 amide bonds. The smallest absolute Gasteiger partial charge is 0.415 e. The highest BCUT2D eigenvalue weighted by molar-refractivity contribution is 5.90. The summed E-state index contributed by atoms with van der Waals surface area (Å²) in [6.45, 7) is 4.29. The van der Waals surface area contributed by atoms with Gasteiger partial charge in [-0.15, -0.1) is 0 Å². The summed E-state index contributed by atoms with van der Waals surface area (Å²) in [6.07, 6.45) is 1.63. The molecule has 0 aromatic heterocycles. The van der Waals surface area contributed by atoms with Gasteiger partial charge in [0.05, 0.1) is 18.5 Å². The number of nitrogens with zero attached hydrogens (tertiary/aromatic N) is 1. The van der Waals surface area contributed by atoms with Gasteiger partial charge < -0.3 is 4.74 Å². The van der Waals surface area contributed by atoms with E-state index in [2.05, 4.69) is 18.3 Å². The van der Waals surface area contributed by atoms with Gasteiger partial charge in [-0.25, -0.2) is 4.79 Å². The van der Waals surface area contributed by atoms with Crippen LogP contribution in [0.5, 0.6) is 0 Å². The van der Waals surface area contributed by atoms with Gasteiger partial charge in [0.2, 0.25) is 0 Å². The molecule has 1 atom stereocenters. The lowest BCUT2D eigenvalue weighted by molar-refractivity contribution is 0.155. The van der Waals surface area contributed by atoms with Crippen molar-refractivity contribution in [2.75, 3.05) is 18.6 Å². The van der Waals surface area contributed by atoms with Crippen LogP contribution < -0.4 is 10.2 Å². The molecule has 1 heterocycles. The first kappa shape index (κ1) is 12.9. The van der Waals surface area contributed by atoms with Gasteiger partial charge in [-0.1, -0.05) is 17.7 Å². The van der Waals surface area contributed by atoms with Crippen molar-refractivity contribution in [1.82, 2.24) is 5.32 Å². The number of aryl methyl sites for hydroxylation is 2. The molecule has 1 unspecified atom stereocenters. The number of fused-ring (bicyclic) bond motifs is 1. The number of hydrogen-bond donors (Lipinski definition) is 1. The molecule has 1 aromatic carbocycles. The van der Waals surface area contributed by atoms with Gasteiger partial charge in [-0.3, -0.25) is 10.2 Å². The molecule has 18 heavy (non-hydrogen) atoms. The van der Waals surface area contributed by atoms with Gasteiger partial charge >= 0.3 is 6.09 Å². The monoisotopic (exact) mass is 248 g/mol. The molecule has 1 aliphatic heterocycles. The number of nitrogens with one attached hydrogen (secondary N) is 1. The molecule has 1 N–H and O–H groups in total. The Bertz CT molecular complexity index is 445. The molecule has 0 bridgehead atoms. The van der Waals surface area contributed by atoms with Crippen LogP contribution in [0.3, 0.4) is 0 Å². The van der Waals surface area contributed by atoms with Crippen LogP contribution in [0.15, 0.2) is 18.2 Å². The van der Waals surface area contributed by atoms with E-state index in [9.17, 15) is 4.79 Å². The number of carbonyl (C=O) groups is 1. The highest BCUT2D eigenvalue weighted by Crippen LogP contribution is 2.31. The van der Waals surface area contributed by atoms with Crippen LogP contribution in [0.4, 0.5) is 10.5 Å². The third-order valence-electron chi connectivity index (χ3n) is 3.29. The van der Waals surface area contributed by atoms with Crippen molar-refractivity contribution in [2.45, 2.75) is 32.9 Å². The number of hydrogen-bond acceptors (Lipinski definition) is 3. The van der Waals surface area contributed by atoms with Gasteiger partial charge in [0.15, 0.2) is 0 Å². The predicted octanol–water partition coefficient (Wildman–Crippen LogP) is 2.45. The zero-order valence-corrected chi connectivity index (χ0v) is 11.2. The average Bonchev–Trinajstić information content (AvgIpc) is 2.37. The number of anilines is 1. The standard InChI is InChI=1S/C14H20N2O2/c1-4-18-14(17)16-12-7-5-10(2)9-11(12)6-8-13(16)15-3/h5,7,9,13,15H,4,6,8H2,1-3H3. The molecule has 0 radical (unpaired) electrons. The van der Waals surface area contributed by atoms with Gasteiger partial charge in [-0.2, -0.15) is 0 Å². The summed E-state index contributed by atoms with van der Waals surface area (Å²) in [6, 6.07) is 6.18. The normalized spacial score (nSPS) is 18.4. The second-order valence-corrected chi connectivity index (χ2v) is 4.54. The van der Waals surface area contributed by atoms with E-state index < -0.39 is 0 Å². The Morgan fingerprint density at radius 3 is 3.00 bits per heavy atom. The second-order valence-electron chi connectivity index (χ2n) is 4.54. The summed E-state index contributed by atoms with van der Waals surface area (Å²) in [4.78, 5) is 13.8. The fraction of sp³-hybridized carbons (Fsp3) is 0.500. The van der Waals surface area contributed by atoms with Crippen LogP contribution in [-0.4, -0.2) is 25.9 Å². The Morgan fingerprint density at radius 1 is 1.56 bits per heavy atom. The van der Waals surface area contributed by atoms with Crippen molar-refractivity contribution in [3.05, 3.63) is 29.3 Å². The minimum atomic E-state index is -0.276.